The highest BCUT2D eigenvalue weighted by molar-refractivity contribution is 6.31. The van der Waals surface area contributed by atoms with Gasteiger partial charge in [0.25, 0.3) is 0 Å². The van der Waals surface area contributed by atoms with Gasteiger partial charge < -0.3 is 0 Å². The molecule has 4 rings (SSSR count). The number of hydrogen-bond donors (Lipinski definition) is 0. The lowest BCUT2D eigenvalue weighted by atomic mass is 9.77. The Kier molecular flexibility index (Phi) is 4.60. The number of hydrogen-bond acceptors (Lipinski definition) is 2. The minimum Gasteiger partial charge on any atom is -0.294 e. The molecule has 1 atom stereocenters. The van der Waals surface area contributed by atoms with E-state index in [1.807, 2.05) is 13.0 Å². The zero-order valence-electron chi connectivity index (χ0n) is 15.0. The average Bonchev–Trinajstić information content (AvgIpc) is 2.64. The van der Waals surface area contributed by atoms with Crippen LogP contribution in [0.2, 0.25) is 5.02 Å². The van der Waals surface area contributed by atoms with Crippen LogP contribution in [0.1, 0.15) is 42.7 Å². The molecule has 0 spiro atoms. The molecule has 1 aliphatic heterocycles. The number of benzene rings is 2. The van der Waals surface area contributed by atoms with Crippen molar-refractivity contribution in [1.82, 2.24) is 0 Å². The molecule has 1 aliphatic carbocycles. The van der Waals surface area contributed by atoms with Crippen molar-refractivity contribution in [3.05, 3.63) is 75.7 Å². The number of amides is 1. The third-order valence-electron chi connectivity index (χ3n) is 5.37. The van der Waals surface area contributed by atoms with Gasteiger partial charge in [-0.2, -0.15) is 0 Å². The van der Waals surface area contributed by atoms with E-state index in [4.69, 9.17) is 11.6 Å². The van der Waals surface area contributed by atoms with Gasteiger partial charge in [-0.05, 0) is 49.1 Å². The standard InChI is InChI=1S/C22H19ClFNO2/c1-13-9-10-14(23)11-19(13)25-18-7-4-8-20(26)22(18)16(12-21(25)27)15-5-2-3-6-17(15)24/h2-3,5-6,9-11,16H,4,7-8,12H2,1H3. The number of carbonyl (C=O) groups is 2. The number of rotatable bonds is 2. The molecule has 5 heteroatoms. The summed E-state index contributed by atoms with van der Waals surface area (Å²) in [5, 5.41) is 0.531. The van der Waals surface area contributed by atoms with Crippen molar-refractivity contribution >= 4 is 29.0 Å². The molecule has 1 amide bonds. The van der Waals surface area contributed by atoms with Gasteiger partial charge in [0.2, 0.25) is 5.91 Å². The molecule has 0 fully saturated rings. The summed E-state index contributed by atoms with van der Waals surface area (Å²) >= 11 is 6.16. The van der Waals surface area contributed by atoms with Gasteiger partial charge in [-0.3, -0.25) is 14.5 Å². The minimum atomic E-state index is -0.530. The third-order valence-corrected chi connectivity index (χ3v) is 5.60. The summed E-state index contributed by atoms with van der Waals surface area (Å²) < 4.78 is 14.4. The largest absolute Gasteiger partial charge is 0.294 e. The highest BCUT2D eigenvalue weighted by Crippen LogP contribution is 2.44. The van der Waals surface area contributed by atoms with Crippen LogP contribution in [0.25, 0.3) is 0 Å². The summed E-state index contributed by atoms with van der Waals surface area (Å²) in [6, 6.07) is 11.8. The van der Waals surface area contributed by atoms with Crippen molar-refractivity contribution in [2.24, 2.45) is 0 Å². The highest BCUT2D eigenvalue weighted by Gasteiger charge is 2.40. The van der Waals surface area contributed by atoms with Crippen molar-refractivity contribution in [3.63, 3.8) is 0 Å². The minimum absolute atomic E-state index is 0.00156. The van der Waals surface area contributed by atoms with E-state index in [9.17, 15) is 14.0 Å². The van der Waals surface area contributed by atoms with Gasteiger partial charge in [0.15, 0.2) is 5.78 Å². The fourth-order valence-corrected chi connectivity index (χ4v) is 4.29. The lowest BCUT2D eigenvalue weighted by Gasteiger charge is -2.39. The maximum Gasteiger partial charge on any atom is 0.232 e. The fraction of sp³-hybridized carbons (Fsp3) is 0.273. The van der Waals surface area contributed by atoms with E-state index in [2.05, 4.69) is 0 Å². The molecular formula is C22H19ClFNO2. The van der Waals surface area contributed by atoms with Gasteiger partial charge in [0.1, 0.15) is 5.82 Å². The second-order valence-corrected chi connectivity index (χ2v) is 7.51. The Morgan fingerprint density at radius 2 is 1.89 bits per heavy atom. The van der Waals surface area contributed by atoms with E-state index in [1.54, 1.807) is 35.2 Å². The van der Waals surface area contributed by atoms with Crippen LogP contribution in [0.5, 0.6) is 0 Å². The van der Waals surface area contributed by atoms with E-state index >= 15 is 0 Å². The molecule has 0 radical (unpaired) electrons. The quantitative estimate of drug-likeness (QED) is 0.704. The molecule has 27 heavy (non-hydrogen) atoms. The molecule has 3 nitrogen and oxygen atoms in total. The molecule has 1 unspecified atom stereocenters. The summed E-state index contributed by atoms with van der Waals surface area (Å²) in [7, 11) is 0. The summed E-state index contributed by atoms with van der Waals surface area (Å²) in [4.78, 5) is 27.6. The number of halogens is 2. The van der Waals surface area contributed by atoms with Crippen LogP contribution in [0.15, 0.2) is 53.7 Å². The molecule has 2 aromatic rings. The molecule has 0 bridgehead atoms. The Balaban J connectivity index is 1.91. The van der Waals surface area contributed by atoms with E-state index in [0.717, 1.165) is 5.56 Å². The predicted octanol–water partition coefficient (Wildman–Crippen LogP) is 5.32. The Morgan fingerprint density at radius 1 is 1.11 bits per heavy atom. The van der Waals surface area contributed by atoms with E-state index < -0.39 is 5.92 Å². The Hall–Kier alpha value is -2.46. The maximum atomic E-state index is 14.4. The lowest BCUT2D eigenvalue weighted by Crippen LogP contribution is -2.41. The monoisotopic (exact) mass is 383 g/mol. The van der Waals surface area contributed by atoms with Crippen LogP contribution in [0, 0.1) is 12.7 Å². The number of ketones is 1. The Labute approximate surface area is 162 Å². The van der Waals surface area contributed by atoms with Crippen molar-refractivity contribution < 1.29 is 14.0 Å². The smallest absolute Gasteiger partial charge is 0.232 e. The molecule has 138 valence electrons. The first-order chi connectivity index (χ1) is 13.0. The summed E-state index contributed by atoms with van der Waals surface area (Å²) in [6.45, 7) is 1.91. The average molecular weight is 384 g/mol. The van der Waals surface area contributed by atoms with Crippen LogP contribution >= 0.6 is 11.6 Å². The third kappa shape index (κ3) is 3.08. The first-order valence-electron chi connectivity index (χ1n) is 9.07. The van der Waals surface area contributed by atoms with Crippen LogP contribution in [0.3, 0.4) is 0 Å². The van der Waals surface area contributed by atoms with Crippen molar-refractivity contribution in [2.45, 2.75) is 38.5 Å². The van der Waals surface area contributed by atoms with Crippen molar-refractivity contribution in [3.8, 4) is 0 Å². The van der Waals surface area contributed by atoms with Crippen LogP contribution < -0.4 is 4.90 Å². The molecule has 2 aromatic carbocycles. The van der Waals surface area contributed by atoms with Gasteiger partial charge in [-0.25, -0.2) is 4.39 Å². The normalized spacial score (nSPS) is 20.1. The molecule has 0 saturated heterocycles. The van der Waals surface area contributed by atoms with Gasteiger partial charge in [-0.15, -0.1) is 0 Å². The van der Waals surface area contributed by atoms with E-state index in [1.165, 1.54) is 6.07 Å². The fourth-order valence-electron chi connectivity index (χ4n) is 4.12. The molecular weight excluding hydrogens is 365 g/mol. The summed E-state index contributed by atoms with van der Waals surface area (Å²) in [5.41, 5.74) is 3.28. The lowest BCUT2D eigenvalue weighted by molar-refractivity contribution is -0.119. The molecule has 2 aliphatic rings. The van der Waals surface area contributed by atoms with Gasteiger partial charge in [0, 0.05) is 35.1 Å². The number of aryl methyl sites for hydroxylation is 1. The van der Waals surface area contributed by atoms with Gasteiger partial charge >= 0.3 is 0 Å². The maximum absolute atomic E-state index is 14.4. The SMILES string of the molecule is Cc1ccc(Cl)cc1N1C(=O)CC(c2ccccc2F)C2=C1CCCC2=O. The Morgan fingerprint density at radius 3 is 2.67 bits per heavy atom. The Bertz CT molecular complexity index is 982. The summed E-state index contributed by atoms with van der Waals surface area (Å²) in [6.07, 6.45) is 1.80. The topological polar surface area (TPSA) is 37.4 Å². The molecule has 1 heterocycles. The van der Waals surface area contributed by atoms with E-state index in [0.29, 0.717) is 46.8 Å². The number of carbonyl (C=O) groups excluding carboxylic acids is 2. The van der Waals surface area contributed by atoms with Gasteiger partial charge in [0.05, 0.1) is 5.69 Å². The zero-order chi connectivity index (χ0) is 19.1. The zero-order valence-corrected chi connectivity index (χ0v) is 15.7. The van der Waals surface area contributed by atoms with Crippen molar-refractivity contribution in [1.29, 1.82) is 0 Å². The molecule has 0 aromatic heterocycles. The van der Waals surface area contributed by atoms with Crippen LogP contribution in [-0.4, -0.2) is 11.7 Å². The first-order valence-corrected chi connectivity index (χ1v) is 9.45. The number of allylic oxidation sites excluding steroid dienone is 2. The number of anilines is 1. The number of nitrogens with zero attached hydrogens (tertiary/aromatic N) is 1. The van der Waals surface area contributed by atoms with Crippen molar-refractivity contribution in [2.75, 3.05) is 4.90 Å². The number of Topliss-reactive ketones (excluding diaryl/α,β-unsaturated/α-hetero) is 1. The highest BCUT2D eigenvalue weighted by atomic mass is 35.5. The van der Waals surface area contributed by atoms with Gasteiger partial charge in [-0.1, -0.05) is 35.9 Å². The second kappa shape index (κ2) is 6.93. The van der Waals surface area contributed by atoms with E-state index in [-0.39, 0.29) is 23.9 Å². The second-order valence-electron chi connectivity index (χ2n) is 7.08. The van der Waals surface area contributed by atoms with Crippen LogP contribution in [-0.2, 0) is 9.59 Å². The van der Waals surface area contributed by atoms with Crippen LogP contribution in [0.4, 0.5) is 10.1 Å². The molecule has 0 N–H and O–H groups in total. The first kappa shape index (κ1) is 17.9. The molecule has 0 saturated carbocycles. The summed E-state index contributed by atoms with van der Waals surface area (Å²) in [5.74, 6) is -1.05. The predicted molar refractivity (Wildman–Crippen MR) is 103 cm³/mol.